The summed E-state index contributed by atoms with van der Waals surface area (Å²) in [6.45, 7) is 0. The summed E-state index contributed by atoms with van der Waals surface area (Å²) >= 11 is 5.69. The highest BCUT2D eigenvalue weighted by Crippen LogP contribution is 2.24. The molecule has 0 aliphatic carbocycles. The van der Waals surface area contributed by atoms with Crippen molar-refractivity contribution < 1.29 is 9.72 Å². The number of aromatic amines is 1. The molecule has 0 aliphatic rings. The van der Waals surface area contributed by atoms with E-state index in [2.05, 4.69) is 20.6 Å². The van der Waals surface area contributed by atoms with Gasteiger partial charge in [-0.2, -0.15) is 5.21 Å². The number of ketones is 1. The number of nitro groups is 1. The maximum atomic E-state index is 11.8. The first-order valence-corrected chi connectivity index (χ1v) is 4.69. The molecule has 0 saturated heterocycles. The maximum absolute atomic E-state index is 11.8. The Morgan fingerprint density at radius 1 is 1.47 bits per heavy atom. The van der Waals surface area contributed by atoms with E-state index >= 15 is 0 Å². The minimum Gasteiger partial charge on any atom is -0.285 e. The van der Waals surface area contributed by atoms with Crippen LogP contribution >= 0.6 is 11.6 Å². The van der Waals surface area contributed by atoms with E-state index in [0.29, 0.717) is 0 Å². The number of nitrogens with one attached hydrogen (secondary N) is 1. The van der Waals surface area contributed by atoms with Crippen molar-refractivity contribution >= 4 is 23.1 Å². The Balaban J connectivity index is 2.54. The van der Waals surface area contributed by atoms with Crippen LogP contribution in [-0.4, -0.2) is 31.3 Å². The van der Waals surface area contributed by atoms with Crippen LogP contribution in [0, 0.1) is 10.1 Å². The van der Waals surface area contributed by atoms with Gasteiger partial charge in [-0.05, 0) is 17.3 Å². The number of hydrogen-bond acceptors (Lipinski definition) is 6. The standard InChI is InChI=1S/C8H4ClN5O3/c9-4-1-2-6(14(16)17)5(3-4)7(15)8-10-12-13-11-8/h1-3H,(H,10,11,12,13). The predicted molar refractivity (Wildman–Crippen MR) is 55.7 cm³/mol. The van der Waals surface area contributed by atoms with Gasteiger partial charge in [0.2, 0.25) is 11.6 Å². The smallest absolute Gasteiger partial charge is 0.280 e. The van der Waals surface area contributed by atoms with E-state index in [1.165, 1.54) is 12.1 Å². The van der Waals surface area contributed by atoms with Crippen molar-refractivity contribution in [2.24, 2.45) is 0 Å². The summed E-state index contributed by atoms with van der Waals surface area (Å²) in [5.74, 6) is -0.969. The van der Waals surface area contributed by atoms with Crippen LogP contribution in [0.15, 0.2) is 18.2 Å². The topological polar surface area (TPSA) is 115 Å². The predicted octanol–water partition coefficient (Wildman–Crippen LogP) is 0.992. The number of aromatic nitrogens is 4. The molecule has 0 fully saturated rings. The van der Waals surface area contributed by atoms with Gasteiger partial charge in [0.05, 0.1) is 4.92 Å². The van der Waals surface area contributed by atoms with Crippen molar-refractivity contribution in [2.75, 3.05) is 0 Å². The number of rotatable bonds is 3. The number of H-pyrrole nitrogens is 1. The molecule has 0 aliphatic heterocycles. The van der Waals surface area contributed by atoms with Crippen LogP contribution in [-0.2, 0) is 0 Å². The molecule has 1 aromatic carbocycles. The highest BCUT2D eigenvalue weighted by atomic mass is 35.5. The van der Waals surface area contributed by atoms with Crippen LogP contribution in [0.1, 0.15) is 16.2 Å². The van der Waals surface area contributed by atoms with Crippen molar-refractivity contribution in [3.05, 3.63) is 44.7 Å². The highest BCUT2D eigenvalue weighted by molar-refractivity contribution is 6.31. The van der Waals surface area contributed by atoms with Crippen LogP contribution in [0.3, 0.4) is 0 Å². The van der Waals surface area contributed by atoms with Crippen molar-refractivity contribution in [1.82, 2.24) is 20.6 Å². The number of carbonyl (C=O) groups excluding carboxylic acids is 1. The van der Waals surface area contributed by atoms with Crippen molar-refractivity contribution in [1.29, 1.82) is 0 Å². The van der Waals surface area contributed by atoms with Crippen molar-refractivity contribution in [3.63, 3.8) is 0 Å². The second-order valence-corrected chi connectivity index (χ2v) is 3.42. The molecule has 0 bridgehead atoms. The van der Waals surface area contributed by atoms with Gasteiger partial charge in [0.1, 0.15) is 5.56 Å². The first-order valence-electron chi connectivity index (χ1n) is 4.31. The van der Waals surface area contributed by atoms with Crippen molar-refractivity contribution in [3.8, 4) is 0 Å². The molecule has 17 heavy (non-hydrogen) atoms. The molecule has 0 amide bonds. The van der Waals surface area contributed by atoms with Gasteiger partial charge in [0.25, 0.3) is 5.69 Å². The summed E-state index contributed by atoms with van der Waals surface area (Å²) in [4.78, 5) is 21.9. The van der Waals surface area contributed by atoms with Gasteiger partial charge in [-0.3, -0.25) is 14.9 Å². The normalized spacial score (nSPS) is 10.2. The Morgan fingerprint density at radius 3 is 2.82 bits per heavy atom. The van der Waals surface area contributed by atoms with Gasteiger partial charge >= 0.3 is 0 Å². The van der Waals surface area contributed by atoms with Crippen LogP contribution < -0.4 is 0 Å². The number of halogens is 1. The molecular weight excluding hydrogens is 250 g/mol. The number of hydrogen-bond donors (Lipinski definition) is 1. The number of carbonyl (C=O) groups is 1. The average molecular weight is 254 g/mol. The second kappa shape index (κ2) is 4.26. The molecule has 0 spiro atoms. The van der Waals surface area contributed by atoms with Gasteiger partial charge in [-0.25, -0.2) is 0 Å². The molecule has 0 saturated carbocycles. The molecule has 8 nitrogen and oxygen atoms in total. The monoisotopic (exact) mass is 253 g/mol. The third kappa shape index (κ3) is 2.11. The zero-order valence-electron chi connectivity index (χ0n) is 8.12. The summed E-state index contributed by atoms with van der Waals surface area (Å²) in [5.41, 5.74) is -0.534. The minimum absolute atomic E-state index is 0.177. The zero-order valence-corrected chi connectivity index (χ0v) is 8.88. The molecule has 0 unspecified atom stereocenters. The Hall–Kier alpha value is -2.35. The van der Waals surface area contributed by atoms with E-state index in [1.807, 2.05) is 0 Å². The van der Waals surface area contributed by atoms with Crippen LogP contribution in [0.2, 0.25) is 5.02 Å². The van der Waals surface area contributed by atoms with E-state index in [9.17, 15) is 14.9 Å². The molecule has 9 heteroatoms. The lowest BCUT2D eigenvalue weighted by Crippen LogP contribution is -2.07. The molecule has 0 atom stereocenters. The minimum atomic E-state index is -0.715. The Morgan fingerprint density at radius 2 is 2.24 bits per heavy atom. The largest absolute Gasteiger partial charge is 0.285 e. The van der Waals surface area contributed by atoms with Crippen LogP contribution in [0.5, 0.6) is 0 Å². The first kappa shape index (κ1) is 11.1. The van der Waals surface area contributed by atoms with Gasteiger partial charge in [-0.1, -0.05) is 11.6 Å². The maximum Gasteiger partial charge on any atom is 0.280 e. The van der Waals surface area contributed by atoms with E-state index in [-0.39, 0.29) is 22.1 Å². The van der Waals surface area contributed by atoms with E-state index in [1.54, 1.807) is 0 Å². The first-order chi connectivity index (χ1) is 8.09. The number of nitrogens with zero attached hydrogens (tertiary/aromatic N) is 4. The summed E-state index contributed by atoms with van der Waals surface area (Å²) in [6.07, 6.45) is 0. The molecule has 1 aromatic heterocycles. The fourth-order valence-corrected chi connectivity index (χ4v) is 1.40. The third-order valence-corrected chi connectivity index (χ3v) is 2.18. The van der Waals surface area contributed by atoms with E-state index in [4.69, 9.17) is 11.6 Å². The SMILES string of the molecule is O=C(c1nn[nH]n1)c1cc(Cl)ccc1[N+](=O)[O-]. The Kier molecular flexibility index (Phi) is 2.79. The van der Waals surface area contributed by atoms with Crippen molar-refractivity contribution in [2.45, 2.75) is 0 Å². The van der Waals surface area contributed by atoms with Gasteiger partial charge in [0, 0.05) is 11.1 Å². The molecule has 0 radical (unpaired) electrons. The van der Waals surface area contributed by atoms with E-state index < -0.39 is 10.7 Å². The lowest BCUT2D eigenvalue weighted by atomic mass is 10.1. The summed E-state index contributed by atoms with van der Waals surface area (Å²) in [7, 11) is 0. The Labute approximate surface area is 98.7 Å². The van der Waals surface area contributed by atoms with Crippen LogP contribution in [0.4, 0.5) is 5.69 Å². The Bertz CT molecular complexity index is 583. The third-order valence-electron chi connectivity index (χ3n) is 1.95. The fourth-order valence-electron chi connectivity index (χ4n) is 1.23. The van der Waals surface area contributed by atoms with E-state index in [0.717, 1.165) is 6.07 Å². The van der Waals surface area contributed by atoms with Gasteiger partial charge in [-0.15, -0.1) is 10.2 Å². The second-order valence-electron chi connectivity index (χ2n) is 2.98. The molecule has 1 heterocycles. The lowest BCUT2D eigenvalue weighted by molar-refractivity contribution is -0.385. The summed E-state index contributed by atoms with van der Waals surface area (Å²) in [6, 6.07) is 3.67. The average Bonchev–Trinajstić information content (AvgIpc) is 2.80. The number of nitro benzene ring substituents is 1. The summed E-state index contributed by atoms with van der Waals surface area (Å²) < 4.78 is 0. The fraction of sp³-hybridized carbons (Fsp3) is 0. The molecule has 86 valence electrons. The molecular formula is C8H4ClN5O3. The molecule has 2 aromatic rings. The van der Waals surface area contributed by atoms with Gasteiger partial charge in [0.15, 0.2) is 0 Å². The van der Waals surface area contributed by atoms with Gasteiger partial charge < -0.3 is 0 Å². The molecule has 2 rings (SSSR count). The summed E-state index contributed by atoms with van der Waals surface area (Å²) in [5, 5.41) is 23.2. The molecule has 1 N–H and O–H groups in total. The number of tetrazole rings is 1. The highest BCUT2D eigenvalue weighted by Gasteiger charge is 2.24. The number of benzene rings is 1. The van der Waals surface area contributed by atoms with Crippen LogP contribution in [0.25, 0.3) is 0 Å². The lowest BCUT2D eigenvalue weighted by Gasteiger charge is -1.99. The zero-order chi connectivity index (χ0) is 12.4. The quantitative estimate of drug-likeness (QED) is 0.495.